The summed E-state index contributed by atoms with van der Waals surface area (Å²) < 4.78 is 8.05. The van der Waals surface area contributed by atoms with Crippen molar-refractivity contribution in [2.75, 3.05) is 5.73 Å². The minimum Gasteiger partial charge on any atom is -0.432 e. The van der Waals surface area contributed by atoms with Gasteiger partial charge in [-0.15, -0.1) is 0 Å². The van der Waals surface area contributed by atoms with Crippen molar-refractivity contribution >= 4 is 21.6 Å². The largest absolute Gasteiger partial charge is 0.432 e. The van der Waals surface area contributed by atoms with E-state index in [4.69, 9.17) is 10.5 Å². The minimum atomic E-state index is -0.274. The maximum atomic E-state index is 12.2. The van der Waals surface area contributed by atoms with E-state index in [1.165, 1.54) is 0 Å². The molecule has 20 heavy (non-hydrogen) atoms. The summed E-state index contributed by atoms with van der Waals surface area (Å²) in [5, 5.41) is 0. The quantitative estimate of drug-likeness (QED) is 0.872. The molecule has 0 unspecified atom stereocenters. The number of nitrogens with zero attached hydrogens (tertiary/aromatic N) is 2. The number of nitrogen functional groups attached to an aromatic ring is 1. The first-order valence-corrected chi connectivity index (χ1v) is 7.00. The molecule has 2 aromatic rings. The molecule has 0 fully saturated rings. The lowest BCUT2D eigenvalue weighted by Gasteiger charge is -2.13. The Labute approximate surface area is 125 Å². The number of aromatic nitrogens is 2. The van der Waals surface area contributed by atoms with Crippen LogP contribution in [0.4, 0.5) is 5.69 Å². The Kier molecular flexibility index (Phi) is 4.13. The predicted octanol–water partition coefficient (Wildman–Crippen LogP) is 3.27. The third kappa shape index (κ3) is 2.85. The molecule has 0 atom stereocenters. The second-order valence-electron chi connectivity index (χ2n) is 4.78. The van der Waals surface area contributed by atoms with Crippen LogP contribution in [-0.4, -0.2) is 9.55 Å². The molecule has 0 spiro atoms. The highest BCUT2D eigenvalue weighted by Gasteiger charge is 2.13. The van der Waals surface area contributed by atoms with E-state index in [0.29, 0.717) is 11.4 Å². The van der Waals surface area contributed by atoms with Crippen molar-refractivity contribution in [1.82, 2.24) is 9.55 Å². The smallest absolute Gasteiger partial charge is 0.313 e. The molecule has 0 saturated heterocycles. The zero-order valence-corrected chi connectivity index (χ0v) is 13.1. The molecule has 0 amide bonds. The maximum absolute atomic E-state index is 12.2. The maximum Gasteiger partial charge on any atom is 0.313 e. The van der Waals surface area contributed by atoms with Crippen LogP contribution in [0.15, 0.2) is 33.8 Å². The molecule has 0 aliphatic heterocycles. The minimum absolute atomic E-state index is 0.0262. The average Bonchev–Trinajstić information content (AvgIpc) is 2.35. The lowest BCUT2D eigenvalue weighted by Crippen LogP contribution is -2.23. The number of halogens is 1. The number of nitrogens with two attached hydrogens (primary N) is 1. The summed E-state index contributed by atoms with van der Waals surface area (Å²) >= 11 is 3.36. The number of aryl methyl sites for hydroxylation is 1. The molecule has 1 heterocycles. The summed E-state index contributed by atoms with van der Waals surface area (Å²) in [6.07, 6.45) is 3.18. The van der Waals surface area contributed by atoms with Gasteiger partial charge in [0.15, 0.2) is 5.75 Å². The SMILES string of the molecule is Cc1cc(Br)cc(N)c1Oc1nccn(C(C)C)c1=O. The van der Waals surface area contributed by atoms with Gasteiger partial charge in [-0.1, -0.05) is 15.9 Å². The lowest BCUT2D eigenvalue weighted by molar-refractivity contribution is 0.436. The molecular weight excluding hydrogens is 322 g/mol. The number of ether oxygens (including phenoxy) is 1. The molecular formula is C14H16BrN3O2. The summed E-state index contributed by atoms with van der Waals surface area (Å²) in [6.45, 7) is 5.70. The number of hydrogen-bond acceptors (Lipinski definition) is 4. The van der Waals surface area contributed by atoms with Crippen molar-refractivity contribution in [2.45, 2.75) is 26.8 Å². The Morgan fingerprint density at radius 2 is 2.10 bits per heavy atom. The van der Waals surface area contributed by atoms with E-state index in [1.807, 2.05) is 26.8 Å². The van der Waals surface area contributed by atoms with Crippen LogP contribution in [0, 0.1) is 6.92 Å². The molecule has 0 radical (unpaired) electrons. The van der Waals surface area contributed by atoms with E-state index in [2.05, 4.69) is 20.9 Å². The van der Waals surface area contributed by atoms with Gasteiger partial charge < -0.3 is 15.0 Å². The Morgan fingerprint density at radius 3 is 2.70 bits per heavy atom. The second-order valence-corrected chi connectivity index (χ2v) is 5.70. The van der Waals surface area contributed by atoms with Crippen LogP contribution in [0.25, 0.3) is 0 Å². The van der Waals surface area contributed by atoms with Crippen LogP contribution in [0.1, 0.15) is 25.5 Å². The molecule has 0 bridgehead atoms. The third-order valence-corrected chi connectivity index (χ3v) is 3.32. The van der Waals surface area contributed by atoms with E-state index in [1.54, 1.807) is 23.0 Å². The average molecular weight is 338 g/mol. The summed E-state index contributed by atoms with van der Waals surface area (Å²) in [6, 6.07) is 3.64. The van der Waals surface area contributed by atoms with Gasteiger partial charge in [0.25, 0.3) is 5.88 Å². The Balaban J connectivity index is 2.46. The number of hydrogen-bond donors (Lipinski definition) is 1. The standard InChI is InChI=1S/C14H16BrN3O2/c1-8(2)18-5-4-17-13(14(18)19)20-12-9(3)6-10(15)7-11(12)16/h4-8H,16H2,1-3H3. The van der Waals surface area contributed by atoms with E-state index >= 15 is 0 Å². The number of anilines is 1. The summed E-state index contributed by atoms with van der Waals surface area (Å²) in [5.74, 6) is 0.484. The molecule has 5 nitrogen and oxygen atoms in total. The van der Waals surface area contributed by atoms with Gasteiger partial charge in [-0.25, -0.2) is 4.98 Å². The van der Waals surface area contributed by atoms with Crippen molar-refractivity contribution in [1.29, 1.82) is 0 Å². The highest BCUT2D eigenvalue weighted by atomic mass is 79.9. The third-order valence-electron chi connectivity index (χ3n) is 2.86. The van der Waals surface area contributed by atoms with Crippen molar-refractivity contribution in [3.63, 3.8) is 0 Å². The van der Waals surface area contributed by atoms with E-state index in [-0.39, 0.29) is 17.5 Å². The van der Waals surface area contributed by atoms with Gasteiger partial charge in [0, 0.05) is 22.9 Å². The first kappa shape index (κ1) is 14.6. The zero-order valence-electron chi connectivity index (χ0n) is 11.6. The van der Waals surface area contributed by atoms with Crippen LogP contribution in [0.2, 0.25) is 0 Å². The van der Waals surface area contributed by atoms with Crippen molar-refractivity contribution in [2.24, 2.45) is 0 Å². The van der Waals surface area contributed by atoms with Gasteiger partial charge >= 0.3 is 5.56 Å². The first-order chi connectivity index (χ1) is 9.40. The van der Waals surface area contributed by atoms with Gasteiger partial charge in [-0.05, 0) is 38.5 Å². The highest BCUT2D eigenvalue weighted by molar-refractivity contribution is 9.10. The lowest BCUT2D eigenvalue weighted by atomic mass is 10.2. The first-order valence-electron chi connectivity index (χ1n) is 6.20. The van der Waals surface area contributed by atoms with Crippen molar-refractivity contribution in [3.8, 4) is 11.6 Å². The molecule has 106 valence electrons. The molecule has 0 aliphatic rings. The molecule has 1 aromatic carbocycles. The van der Waals surface area contributed by atoms with Gasteiger partial charge in [-0.2, -0.15) is 0 Å². The van der Waals surface area contributed by atoms with E-state index < -0.39 is 0 Å². The van der Waals surface area contributed by atoms with Crippen LogP contribution in [0.3, 0.4) is 0 Å². The fourth-order valence-electron chi connectivity index (χ4n) is 1.87. The van der Waals surface area contributed by atoms with E-state index in [0.717, 1.165) is 10.0 Å². The molecule has 1 aromatic heterocycles. The van der Waals surface area contributed by atoms with Gasteiger partial charge in [0.1, 0.15) is 0 Å². The topological polar surface area (TPSA) is 70.1 Å². The normalized spacial score (nSPS) is 10.8. The van der Waals surface area contributed by atoms with Crippen molar-refractivity contribution < 1.29 is 4.74 Å². The zero-order chi connectivity index (χ0) is 14.9. The van der Waals surface area contributed by atoms with Gasteiger partial charge in [0.2, 0.25) is 0 Å². The van der Waals surface area contributed by atoms with Gasteiger partial charge in [0.05, 0.1) is 5.69 Å². The van der Waals surface area contributed by atoms with Crippen LogP contribution >= 0.6 is 15.9 Å². The summed E-state index contributed by atoms with van der Waals surface area (Å²) in [5.41, 5.74) is 6.94. The van der Waals surface area contributed by atoms with Crippen LogP contribution < -0.4 is 16.0 Å². The molecule has 0 saturated carbocycles. The molecule has 2 N–H and O–H groups in total. The van der Waals surface area contributed by atoms with E-state index in [9.17, 15) is 4.79 Å². The van der Waals surface area contributed by atoms with Crippen LogP contribution in [0.5, 0.6) is 11.6 Å². The highest BCUT2D eigenvalue weighted by Crippen LogP contribution is 2.32. The Morgan fingerprint density at radius 1 is 1.40 bits per heavy atom. The fraction of sp³-hybridized carbons (Fsp3) is 0.286. The Bertz CT molecular complexity index is 672. The molecule has 0 aliphatic carbocycles. The molecule has 2 rings (SSSR count). The Hall–Kier alpha value is -1.82. The molecule has 6 heteroatoms. The fourth-order valence-corrected chi connectivity index (χ4v) is 2.46. The number of rotatable bonds is 3. The summed E-state index contributed by atoms with van der Waals surface area (Å²) in [4.78, 5) is 16.2. The second kappa shape index (κ2) is 5.66. The summed E-state index contributed by atoms with van der Waals surface area (Å²) in [7, 11) is 0. The van der Waals surface area contributed by atoms with Crippen LogP contribution in [-0.2, 0) is 0 Å². The predicted molar refractivity (Wildman–Crippen MR) is 82.2 cm³/mol. The van der Waals surface area contributed by atoms with Crippen molar-refractivity contribution in [3.05, 3.63) is 44.9 Å². The number of benzene rings is 1. The monoisotopic (exact) mass is 337 g/mol. The van der Waals surface area contributed by atoms with Gasteiger partial charge in [-0.3, -0.25) is 4.79 Å².